The molecule has 0 spiro atoms. The lowest BCUT2D eigenvalue weighted by molar-refractivity contribution is -0.122. The number of carbonyl (C=O) groups is 1. The fourth-order valence-corrected chi connectivity index (χ4v) is 3.52. The normalized spacial score (nSPS) is 27.5. The highest BCUT2D eigenvalue weighted by Gasteiger charge is 2.37. The second-order valence-corrected chi connectivity index (χ2v) is 5.92. The number of hydrogen-bond acceptors (Lipinski definition) is 3. The molecule has 3 atom stereocenters. The number of rotatable bonds is 6. The van der Waals surface area contributed by atoms with Crippen molar-refractivity contribution in [3.05, 3.63) is 0 Å². The molecule has 1 aliphatic heterocycles. The summed E-state index contributed by atoms with van der Waals surface area (Å²) in [6.45, 7) is 8.16. The third-order valence-electron chi connectivity index (χ3n) is 4.80. The zero-order valence-electron chi connectivity index (χ0n) is 13.3. The average molecular weight is 340 g/mol. The standard InChI is InChI=1S/C15H29N3O.2ClH/c1-3-18(4-2)10-9-16-15(19)14-11-12-7-5-6-8-13(12)17-14;;/h12-14,17H,3-11H2,1-2H3,(H,16,19);2*1H. The highest BCUT2D eigenvalue weighted by molar-refractivity contribution is 5.85. The van der Waals surface area contributed by atoms with E-state index < -0.39 is 0 Å². The molecule has 2 rings (SSSR count). The van der Waals surface area contributed by atoms with Crippen LogP contribution in [0.1, 0.15) is 46.0 Å². The maximum Gasteiger partial charge on any atom is 0.237 e. The summed E-state index contributed by atoms with van der Waals surface area (Å²) >= 11 is 0. The van der Waals surface area contributed by atoms with E-state index in [9.17, 15) is 4.79 Å². The lowest BCUT2D eigenvalue weighted by Crippen LogP contribution is -2.45. The Hall–Kier alpha value is -0.0300. The van der Waals surface area contributed by atoms with E-state index in [2.05, 4.69) is 29.4 Å². The molecule has 6 heteroatoms. The molecule has 2 aliphatic rings. The van der Waals surface area contributed by atoms with Gasteiger partial charge in [0.1, 0.15) is 0 Å². The van der Waals surface area contributed by atoms with Crippen molar-refractivity contribution in [2.45, 2.75) is 58.0 Å². The van der Waals surface area contributed by atoms with Gasteiger partial charge in [0, 0.05) is 19.1 Å². The first-order valence-electron chi connectivity index (χ1n) is 8.00. The molecule has 2 fully saturated rings. The first kappa shape index (κ1) is 21.0. The topological polar surface area (TPSA) is 44.4 Å². The molecule has 3 unspecified atom stereocenters. The van der Waals surface area contributed by atoms with Gasteiger partial charge in [-0.3, -0.25) is 4.79 Å². The number of amides is 1. The van der Waals surface area contributed by atoms with Crippen LogP contribution in [0.4, 0.5) is 0 Å². The Labute approximate surface area is 141 Å². The molecule has 1 saturated carbocycles. The predicted molar refractivity (Wildman–Crippen MR) is 92.6 cm³/mol. The summed E-state index contributed by atoms with van der Waals surface area (Å²) in [7, 11) is 0. The fraction of sp³-hybridized carbons (Fsp3) is 0.933. The van der Waals surface area contributed by atoms with Crippen molar-refractivity contribution in [1.82, 2.24) is 15.5 Å². The van der Waals surface area contributed by atoms with Crippen LogP contribution in [-0.4, -0.2) is 49.1 Å². The molecule has 126 valence electrons. The SMILES string of the molecule is CCN(CC)CCNC(=O)C1CC2CCCCC2N1.Cl.Cl. The smallest absolute Gasteiger partial charge is 0.237 e. The van der Waals surface area contributed by atoms with Crippen LogP contribution in [0.2, 0.25) is 0 Å². The van der Waals surface area contributed by atoms with Crippen LogP contribution in [0.25, 0.3) is 0 Å². The number of hydrogen-bond donors (Lipinski definition) is 2. The van der Waals surface area contributed by atoms with E-state index in [0.29, 0.717) is 6.04 Å². The zero-order chi connectivity index (χ0) is 13.7. The van der Waals surface area contributed by atoms with E-state index in [1.807, 2.05) is 0 Å². The van der Waals surface area contributed by atoms with Gasteiger partial charge in [-0.1, -0.05) is 26.7 Å². The monoisotopic (exact) mass is 339 g/mol. The molecule has 1 aliphatic carbocycles. The van der Waals surface area contributed by atoms with E-state index in [4.69, 9.17) is 0 Å². The van der Waals surface area contributed by atoms with Crippen molar-refractivity contribution in [2.75, 3.05) is 26.2 Å². The first-order valence-corrected chi connectivity index (χ1v) is 8.00. The minimum absolute atomic E-state index is 0. The second-order valence-electron chi connectivity index (χ2n) is 5.92. The van der Waals surface area contributed by atoms with Crippen molar-refractivity contribution in [2.24, 2.45) is 5.92 Å². The van der Waals surface area contributed by atoms with E-state index in [-0.39, 0.29) is 36.8 Å². The number of fused-ring (bicyclic) bond motifs is 1. The van der Waals surface area contributed by atoms with Crippen LogP contribution < -0.4 is 10.6 Å². The van der Waals surface area contributed by atoms with Crippen molar-refractivity contribution < 1.29 is 4.79 Å². The maximum atomic E-state index is 12.2. The minimum atomic E-state index is 0. The Kier molecular flexibility index (Phi) is 10.6. The minimum Gasteiger partial charge on any atom is -0.353 e. The molecule has 4 nitrogen and oxygen atoms in total. The number of likely N-dealkylation sites (N-methyl/N-ethyl adjacent to an activating group) is 1. The Morgan fingerprint density at radius 2 is 1.86 bits per heavy atom. The van der Waals surface area contributed by atoms with E-state index in [0.717, 1.165) is 38.5 Å². The van der Waals surface area contributed by atoms with E-state index in [1.165, 1.54) is 25.7 Å². The van der Waals surface area contributed by atoms with Gasteiger partial charge in [0.2, 0.25) is 5.91 Å². The van der Waals surface area contributed by atoms with Gasteiger partial charge in [-0.15, -0.1) is 24.8 Å². The van der Waals surface area contributed by atoms with E-state index in [1.54, 1.807) is 0 Å². The largest absolute Gasteiger partial charge is 0.353 e. The highest BCUT2D eigenvalue weighted by Crippen LogP contribution is 2.33. The molecule has 1 heterocycles. The first-order chi connectivity index (χ1) is 9.24. The van der Waals surface area contributed by atoms with Crippen LogP contribution in [-0.2, 0) is 4.79 Å². The molecule has 1 saturated heterocycles. The lowest BCUT2D eigenvalue weighted by atomic mass is 9.85. The highest BCUT2D eigenvalue weighted by atomic mass is 35.5. The molecule has 0 aromatic carbocycles. The van der Waals surface area contributed by atoms with E-state index >= 15 is 0 Å². The Morgan fingerprint density at radius 1 is 1.19 bits per heavy atom. The lowest BCUT2D eigenvalue weighted by Gasteiger charge is -2.24. The quantitative estimate of drug-likeness (QED) is 0.779. The summed E-state index contributed by atoms with van der Waals surface area (Å²) in [5.41, 5.74) is 0. The summed E-state index contributed by atoms with van der Waals surface area (Å²) in [5.74, 6) is 0.953. The van der Waals surface area contributed by atoms with Gasteiger partial charge in [-0.05, 0) is 38.3 Å². The van der Waals surface area contributed by atoms with Gasteiger partial charge < -0.3 is 15.5 Å². The van der Waals surface area contributed by atoms with Crippen molar-refractivity contribution in [3.8, 4) is 0 Å². The summed E-state index contributed by atoms with van der Waals surface area (Å²) in [4.78, 5) is 14.5. The van der Waals surface area contributed by atoms with Gasteiger partial charge in [0.15, 0.2) is 0 Å². The van der Waals surface area contributed by atoms with Crippen molar-refractivity contribution in [1.29, 1.82) is 0 Å². The Morgan fingerprint density at radius 3 is 2.48 bits per heavy atom. The summed E-state index contributed by atoms with van der Waals surface area (Å²) in [6.07, 6.45) is 6.28. The molecular formula is C15H31Cl2N3O. The Balaban J connectivity index is 0.00000200. The maximum absolute atomic E-state index is 12.2. The number of nitrogens with zero attached hydrogens (tertiary/aromatic N) is 1. The second kappa shape index (κ2) is 10.7. The molecular weight excluding hydrogens is 309 g/mol. The molecule has 1 amide bonds. The molecule has 0 aromatic heterocycles. The Bertz CT molecular complexity index is 287. The molecule has 21 heavy (non-hydrogen) atoms. The summed E-state index contributed by atoms with van der Waals surface area (Å²) in [6, 6.07) is 0.664. The number of carbonyl (C=O) groups excluding carboxylic acids is 1. The fourth-order valence-electron chi connectivity index (χ4n) is 3.52. The van der Waals surface area contributed by atoms with Crippen molar-refractivity contribution >= 4 is 30.7 Å². The summed E-state index contributed by atoms with van der Waals surface area (Å²) < 4.78 is 0. The van der Waals surface area contributed by atoms with Gasteiger partial charge in [0.25, 0.3) is 0 Å². The van der Waals surface area contributed by atoms with Crippen LogP contribution in [0.5, 0.6) is 0 Å². The van der Waals surface area contributed by atoms with Gasteiger partial charge in [-0.25, -0.2) is 0 Å². The average Bonchev–Trinajstić information content (AvgIpc) is 2.87. The van der Waals surface area contributed by atoms with Crippen LogP contribution in [0, 0.1) is 5.92 Å². The zero-order valence-corrected chi connectivity index (χ0v) is 14.9. The van der Waals surface area contributed by atoms with Crippen LogP contribution >= 0.6 is 24.8 Å². The third-order valence-corrected chi connectivity index (χ3v) is 4.80. The van der Waals surface area contributed by atoms with Gasteiger partial charge >= 0.3 is 0 Å². The predicted octanol–water partition coefficient (Wildman–Crippen LogP) is 2.21. The van der Waals surface area contributed by atoms with Gasteiger partial charge in [0.05, 0.1) is 6.04 Å². The summed E-state index contributed by atoms with van der Waals surface area (Å²) in [5, 5.41) is 6.62. The van der Waals surface area contributed by atoms with Crippen molar-refractivity contribution in [3.63, 3.8) is 0 Å². The molecule has 0 bridgehead atoms. The molecule has 0 radical (unpaired) electrons. The molecule has 0 aromatic rings. The van der Waals surface area contributed by atoms with Crippen LogP contribution in [0.15, 0.2) is 0 Å². The third kappa shape index (κ3) is 5.93. The number of halogens is 2. The molecule has 2 N–H and O–H groups in total. The number of nitrogens with one attached hydrogen (secondary N) is 2. The van der Waals surface area contributed by atoms with Gasteiger partial charge in [-0.2, -0.15) is 0 Å². The van der Waals surface area contributed by atoms with Crippen LogP contribution in [0.3, 0.4) is 0 Å².